The number of rotatable bonds is 5. The van der Waals surface area contributed by atoms with Crippen LogP contribution < -0.4 is 4.74 Å². The largest absolute Gasteiger partial charge is 0.494 e. The molecule has 0 aromatic heterocycles. The van der Waals surface area contributed by atoms with Crippen LogP contribution in [0.25, 0.3) is 0 Å². The molecule has 18 heavy (non-hydrogen) atoms. The summed E-state index contributed by atoms with van der Waals surface area (Å²) >= 11 is 0.921. The van der Waals surface area contributed by atoms with Gasteiger partial charge in [-0.25, -0.2) is 4.39 Å². The molecule has 0 saturated carbocycles. The van der Waals surface area contributed by atoms with Crippen LogP contribution in [0.2, 0.25) is 0 Å². The third-order valence-electron chi connectivity index (χ3n) is 2.34. The summed E-state index contributed by atoms with van der Waals surface area (Å²) in [7, 11) is 1.32. The molecule has 100 valence electrons. The molecule has 1 aromatic carbocycles. The number of aliphatic hydroxyl groups excluding tert-OH is 2. The number of halogens is 1. The molecule has 0 bridgehead atoms. The zero-order valence-corrected chi connectivity index (χ0v) is 10.9. The molecule has 2 atom stereocenters. The number of aliphatic hydroxyl groups is 2. The zero-order valence-electron chi connectivity index (χ0n) is 10.1. The van der Waals surface area contributed by atoms with Crippen LogP contribution in [-0.2, 0) is 4.79 Å². The molecule has 0 radical (unpaired) electrons. The predicted molar refractivity (Wildman–Crippen MR) is 67.1 cm³/mol. The first-order valence-electron chi connectivity index (χ1n) is 5.28. The van der Waals surface area contributed by atoms with Gasteiger partial charge in [0.25, 0.3) is 0 Å². The molecule has 0 aliphatic heterocycles. The molecule has 4 nitrogen and oxygen atoms in total. The standard InChI is InChI=1S/C12H15FO4S/c1-7(14)18-6-10(15)12(16)8-3-4-9(13)11(5-8)17-2/h3-5,10,12,15-16H,6H2,1-2H3. The van der Waals surface area contributed by atoms with E-state index in [0.717, 1.165) is 17.8 Å². The topological polar surface area (TPSA) is 66.8 Å². The van der Waals surface area contributed by atoms with Gasteiger partial charge < -0.3 is 14.9 Å². The summed E-state index contributed by atoms with van der Waals surface area (Å²) in [5.41, 5.74) is 0.338. The van der Waals surface area contributed by atoms with E-state index in [1.807, 2.05) is 0 Å². The molecule has 1 rings (SSSR count). The van der Waals surface area contributed by atoms with Crippen LogP contribution >= 0.6 is 11.8 Å². The van der Waals surface area contributed by atoms with Crippen molar-refractivity contribution in [2.24, 2.45) is 0 Å². The highest BCUT2D eigenvalue weighted by Gasteiger charge is 2.20. The molecule has 2 unspecified atom stereocenters. The summed E-state index contributed by atoms with van der Waals surface area (Å²) in [6.07, 6.45) is -2.29. The maximum absolute atomic E-state index is 13.2. The molecule has 2 N–H and O–H groups in total. The van der Waals surface area contributed by atoms with Crippen LogP contribution in [0.5, 0.6) is 5.75 Å². The van der Waals surface area contributed by atoms with Gasteiger partial charge in [-0.2, -0.15) is 0 Å². The summed E-state index contributed by atoms with van der Waals surface area (Å²) in [6.45, 7) is 1.38. The number of thioether (sulfide) groups is 1. The van der Waals surface area contributed by atoms with Crippen LogP contribution in [0.4, 0.5) is 4.39 Å². The first-order valence-corrected chi connectivity index (χ1v) is 6.27. The first kappa shape index (κ1) is 14.9. The Bertz CT molecular complexity index is 425. The van der Waals surface area contributed by atoms with E-state index in [2.05, 4.69) is 0 Å². The van der Waals surface area contributed by atoms with E-state index < -0.39 is 18.0 Å². The molecule has 0 heterocycles. The number of carbonyl (C=O) groups excluding carboxylic acids is 1. The van der Waals surface area contributed by atoms with E-state index in [1.165, 1.54) is 26.2 Å². The lowest BCUT2D eigenvalue weighted by Crippen LogP contribution is -2.21. The lowest BCUT2D eigenvalue weighted by molar-refractivity contribution is -0.109. The lowest BCUT2D eigenvalue weighted by atomic mass is 10.1. The SMILES string of the molecule is COc1cc(C(O)C(O)CSC(C)=O)ccc1F. The molecule has 0 fully saturated rings. The Labute approximate surface area is 109 Å². The van der Waals surface area contributed by atoms with Crippen molar-refractivity contribution in [2.75, 3.05) is 12.9 Å². The summed E-state index contributed by atoms with van der Waals surface area (Å²) in [5.74, 6) is -0.463. The fourth-order valence-corrected chi connectivity index (χ4v) is 1.96. The van der Waals surface area contributed by atoms with Crippen LogP contribution in [0.1, 0.15) is 18.6 Å². The number of hydrogen-bond donors (Lipinski definition) is 2. The summed E-state index contributed by atoms with van der Waals surface area (Å²) < 4.78 is 18.0. The minimum absolute atomic E-state index is 0.00188. The van der Waals surface area contributed by atoms with Crippen LogP contribution in [0.3, 0.4) is 0 Å². The van der Waals surface area contributed by atoms with Gasteiger partial charge in [-0.05, 0) is 17.7 Å². The minimum atomic E-state index is -1.19. The molecule has 0 spiro atoms. The first-order chi connectivity index (χ1) is 8.45. The number of methoxy groups -OCH3 is 1. The third-order valence-corrected chi connectivity index (χ3v) is 3.25. The molecule has 0 aliphatic rings. The quantitative estimate of drug-likeness (QED) is 0.852. The van der Waals surface area contributed by atoms with E-state index in [1.54, 1.807) is 0 Å². The van der Waals surface area contributed by atoms with Crippen molar-refractivity contribution in [1.82, 2.24) is 0 Å². The van der Waals surface area contributed by atoms with Crippen LogP contribution in [-0.4, -0.2) is 34.3 Å². The summed E-state index contributed by atoms with van der Waals surface area (Å²) in [5, 5.41) is 19.4. The Morgan fingerprint density at radius 2 is 2.17 bits per heavy atom. The predicted octanol–water partition coefficient (Wildman–Crippen LogP) is 1.51. The van der Waals surface area contributed by atoms with Gasteiger partial charge in [0, 0.05) is 12.7 Å². The molecule has 1 aromatic rings. The van der Waals surface area contributed by atoms with E-state index in [0.29, 0.717) is 5.56 Å². The average Bonchev–Trinajstić information content (AvgIpc) is 2.35. The number of hydrogen-bond acceptors (Lipinski definition) is 5. The molecule has 0 saturated heterocycles. The smallest absolute Gasteiger partial charge is 0.185 e. The monoisotopic (exact) mass is 274 g/mol. The number of carbonyl (C=O) groups is 1. The van der Waals surface area contributed by atoms with Crippen molar-refractivity contribution >= 4 is 16.9 Å². The Morgan fingerprint density at radius 1 is 1.50 bits per heavy atom. The molecule has 0 amide bonds. The fourth-order valence-electron chi connectivity index (χ4n) is 1.38. The zero-order chi connectivity index (χ0) is 13.7. The second-order valence-electron chi connectivity index (χ2n) is 3.71. The van der Waals surface area contributed by atoms with Crippen molar-refractivity contribution in [3.63, 3.8) is 0 Å². The van der Waals surface area contributed by atoms with Crippen molar-refractivity contribution in [1.29, 1.82) is 0 Å². The summed E-state index contributed by atoms with van der Waals surface area (Å²) in [6, 6.07) is 3.84. The van der Waals surface area contributed by atoms with Gasteiger partial charge in [0.1, 0.15) is 6.10 Å². The summed E-state index contributed by atoms with van der Waals surface area (Å²) in [4.78, 5) is 10.8. The van der Waals surface area contributed by atoms with Gasteiger partial charge >= 0.3 is 0 Å². The van der Waals surface area contributed by atoms with Crippen LogP contribution in [0.15, 0.2) is 18.2 Å². The normalized spacial score (nSPS) is 14.1. The van der Waals surface area contributed by atoms with E-state index in [4.69, 9.17) is 4.74 Å². The Kier molecular flexibility index (Phi) is 5.58. The highest BCUT2D eigenvalue weighted by Crippen LogP contribution is 2.25. The number of ether oxygens (including phenoxy) is 1. The second kappa shape index (κ2) is 6.72. The van der Waals surface area contributed by atoms with Gasteiger partial charge in [-0.1, -0.05) is 17.8 Å². The van der Waals surface area contributed by atoms with E-state index in [9.17, 15) is 19.4 Å². The highest BCUT2D eigenvalue weighted by atomic mass is 32.2. The maximum Gasteiger partial charge on any atom is 0.185 e. The van der Waals surface area contributed by atoms with Gasteiger partial charge in [-0.15, -0.1) is 0 Å². The lowest BCUT2D eigenvalue weighted by Gasteiger charge is -2.18. The van der Waals surface area contributed by atoms with Crippen molar-refractivity contribution in [3.05, 3.63) is 29.6 Å². The van der Waals surface area contributed by atoms with Crippen LogP contribution in [0, 0.1) is 5.82 Å². The van der Waals surface area contributed by atoms with Gasteiger partial charge in [0.15, 0.2) is 16.7 Å². The van der Waals surface area contributed by atoms with Gasteiger partial charge in [0.2, 0.25) is 0 Å². The molecule has 0 aliphatic carbocycles. The van der Waals surface area contributed by atoms with Crippen molar-refractivity contribution < 1.29 is 24.1 Å². The second-order valence-corrected chi connectivity index (χ2v) is 4.91. The van der Waals surface area contributed by atoms with Gasteiger partial charge in [0.05, 0.1) is 13.2 Å². The molecule has 6 heteroatoms. The molecular weight excluding hydrogens is 259 g/mol. The average molecular weight is 274 g/mol. The highest BCUT2D eigenvalue weighted by molar-refractivity contribution is 8.13. The maximum atomic E-state index is 13.2. The van der Waals surface area contributed by atoms with Crippen molar-refractivity contribution in [3.8, 4) is 5.75 Å². The number of benzene rings is 1. The Morgan fingerprint density at radius 3 is 2.72 bits per heavy atom. The van der Waals surface area contributed by atoms with Crippen molar-refractivity contribution in [2.45, 2.75) is 19.1 Å². The minimum Gasteiger partial charge on any atom is -0.494 e. The Hall–Kier alpha value is -1.11. The van der Waals surface area contributed by atoms with E-state index >= 15 is 0 Å². The fraction of sp³-hybridized carbons (Fsp3) is 0.417. The third kappa shape index (κ3) is 3.97. The molecular formula is C12H15FO4S. The van der Waals surface area contributed by atoms with Gasteiger partial charge in [-0.3, -0.25) is 4.79 Å². The Balaban J connectivity index is 2.76. The van der Waals surface area contributed by atoms with E-state index in [-0.39, 0.29) is 16.6 Å².